The summed E-state index contributed by atoms with van der Waals surface area (Å²) in [5.74, 6) is -2.27. The van der Waals surface area contributed by atoms with Gasteiger partial charge < -0.3 is 33.8 Å². The highest BCUT2D eigenvalue weighted by atomic mass is 31.2. The topological polar surface area (TPSA) is 237 Å². The van der Waals surface area contributed by atoms with Gasteiger partial charge in [0.25, 0.3) is 0 Å². The highest BCUT2D eigenvalue weighted by Gasteiger charge is 2.30. The minimum Gasteiger partial charge on any atom is -0.462 e. The second-order valence-corrected chi connectivity index (χ2v) is 29.2. The quantitative estimate of drug-likeness (QED) is 0.0169. The molecule has 17 nitrogen and oxygen atoms in total. The van der Waals surface area contributed by atoms with Gasteiger partial charge in [-0.3, -0.25) is 37.3 Å². The molecule has 0 aliphatic rings. The van der Waals surface area contributed by atoms with Gasteiger partial charge in [0.1, 0.15) is 19.3 Å². The second-order valence-electron chi connectivity index (χ2n) is 26.2. The molecule has 586 valence electrons. The van der Waals surface area contributed by atoms with Gasteiger partial charge in [0.15, 0.2) is 12.2 Å². The number of unbranched alkanes of at least 4 members (excludes halogenated alkanes) is 28. The molecular weight excluding hydrogens is 1330 g/mol. The first-order chi connectivity index (χ1) is 49.7. The molecule has 0 heterocycles. The van der Waals surface area contributed by atoms with Gasteiger partial charge in [0.2, 0.25) is 0 Å². The summed E-state index contributed by atoms with van der Waals surface area (Å²) in [5, 5.41) is 10.6. The largest absolute Gasteiger partial charge is 0.472 e. The summed E-state index contributed by atoms with van der Waals surface area (Å²) < 4.78 is 68.5. The van der Waals surface area contributed by atoms with Crippen molar-refractivity contribution < 1.29 is 80.2 Å². The Bertz CT molecular complexity index is 2410. The summed E-state index contributed by atoms with van der Waals surface area (Å²) in [6.07, 6.45) is 81.8. The summed E-state index contributed by atoms with van der Waals surface area (Å²) >= 11 is 0. The summed E-state index contributed by atoms with van der Waals surface area (Å²) in [7, 11) is -9.98. The highest BCUT2D eigenvalue weighted by molar-refractivity contribution is 7.47. The van der Waals surface area contributed by atoms with Crippen LogP contribution in [-0.2, 0) is 65.4 Å². The molecule has 102 heavy (non-hydrogen) atoms. The van der Waals surface area contributed by atoms with Gasteiger partial charge in [0, 0.05) is 25.7 Å². The third-order valence-electron chi connectivity index (χ3n) is 16.4. The van der Waals surface area contributed by atoms with Crippen molar-refractivity contribution in [1.82, 2.24) is 0 Å². The van der Waals surface area contributed by atoms with Crippen LogP contribution in [0.4, 0.5) is 0 Å². The van der Waals surface area contributed by atoms with Crippen LogP contribution in [0.1, 0.15) is 323 Å². The van der Waals surface area contributed by atoms with E-state index < -0.39 is 97.5 Å². The first kappa shape index (κ1) is 97.5. The van der Waals surface area contributed by atoms with Gasteiger partial charge in [0.05, 0.1) is 26.4 Å². The van der Waals surface area contributed by atoms with E-state index in [9.17, 15) is 43.2 Å². The molecule has 0 aromatic rings. The van der Waals surface area contributed by atoms with Gasteiger partial charge in [-0.25, -0.2) is 9.13 Å². The van der Waals surface area contributed by atoms with E-state index >= 15 is 0 Å². The molecule has 5 atom stereocenters. The number of aliphatic hydroxyl groups excluding tert-OH is 1. The zero-order valence-corrected chi connectivity index (χ0v) is 65.8. The monoisotopic (exact) mass is 1470 g/mol. The summed E-state index contributed by atoms with van der Waals surface area (Å²) in [6.45, 7) is 4.55. The number of phosphoric acid groups is 2. The van der Waals surface area contributed by atoms with E-state index in [-0.39, 0.29) is 25.7 Å². The third kappa shape index (κ3) is 73.8. The summed E-state index contributed by atoms with van der Waals surface area (Å²) in [5.41, 5.74) is 0. The Morgan fingerprint density at radius 1 is 0.284 bits per heavy atom. The number of hydrogen-bond acceptors (Lipinski definition) is 15. The Labute approximate surface area is 619 Å². The molecule has 5 unspecified atom stereocenters. The zero-order chi connectivity index (χ0) is 74.6. The number of phosphoric ester groups is 2. The van der Waals surface area contributed by atoms with Gasteiger partial charge >= 0.3 is 39.5 Å². The number of carbonyl (C=O) groups is 4. The third-order valence-corrected chi connectivity index (χ3v) is 18.3. The van der Waals surface area contributed by atoms with Gasteiger partial charge in [-0.2, -0.15) is 0 Å². The molecule has 0 saturated carbocycles. The van der Waals surface area contributed by atoms with E-state index in [0.717, 1.165) is 154 Å². The Hall–Kier alpha value is -4.54. The van der Waals surface area contributed by atoms with E-state index in [1.54, 1.807) is 0 Å². The smallest absolute Gasteiger partial charge is 0.462 e. The molecule has 0 aliphatic heterocycles. The van der Waals surface area contributed by atoms with Crippen molar-refractivity contribution in [3.8, 4) is 0 Å². The van der Waals surface area contributed by atoms with Crippen LogP contribution in [0.2, 0.25) is 0 Å². The Morgan fingerprint density at radius 2 is 0.520 bits per heavy atom. The van der Waals surface area contributed by atoms with Crippen molar-refractivity contribution in [2.45, 2.75) is 341 Å². The van der Waals surface area contributed by atoms with Crippen molar-refractivity contribution in [2.75, 3.05) is 39.6 Å². The Kier molecular flexibility index (Phi) is 71.4. The average Bonchev–Trinajstić information content (AvgIpc) is 0.923. The van der Waals surface area contributed by atoms with Crippen LogP contribution < -0.4 is 0 Å². The molecule has 0 bridgehead atoms. The van der Waals surface area contributed by atoms with E-state index in [0.29, 0.717) is 32.1 Å². The first-order valence-corrected chi connectivity index (χ1v) is 42.8. The maximum absolute atomic E-state index is 13.1. The van der Waals surface area contributed by atoms with Crippen molar-refractivity contribution in [3.05, 3.63) is 122 Å². The number of rotatable bonds is 74. The Balaban J connectivity index is 5.42. The number of esters is 4. The van der Waals surface area contributed by atoms with Crippen molar-refractivity contribution in [1.29, 1.82) is 0 Å². The SMILES string of the molecule is CC/C=C\C/C=C\C/C=C\C/C=C\C/C=C\CCCC(=O)OCC(COP(=O)(O)OCC(O)COP(=O)(O)OCC(COC(=O)CCCCCCC/C=C\C/C=C\CCCCC)OC(=O)CCCCCCCCCCCCCCCCC)OC(=O)CCCCCCC/C=C\C/C=C\C/C=C\CC. The van der Waals surface area contributed by atoms with E-state index in [4.69, 9.17) is 37.0 Å². The maximum atomic E-state index is 13.1. The fourth-order valence-electron chi connectivity index (χ4n) is 10.4. The molecule has 0 rings (SSSR count). The number of allylic oxidation sites excluding steroid dienone is 20. The molecule has 0 fully saturated rings. The number of carbonyl (C=O) groups excluding carboxylic acids is 4. The number of aliphatic hydroxyl groups is 1. The minimum atomic E-state index is -5.00. The molecule has 0 saturated heterocycles. The molecular formula is C83H142O17P2. The lowest BCUT2D eigenvalue weighted by atomic mass is 10.0. The van der Waals surface area contributed by atoms with E-state index in [1.165, 1.54) is 83.5 Å². The van der Waals surface area contributed by atoms with Crippen LogP contribution >= 0.6 is 15.6 Å². The van der Waals surface area contributed by atoms with Crippen LogP contribution in [0, 0.1) is 0 Å². The van der Waals surface area contributed by atoms with Crippen molar-refractivity contribution in [2.24, 2.45) is 0 Å². The lowest BCUT2D eigenvalue weighted by Crippen LogP contribution is -2.30. The summed E-state index contributed by atoms with van der Waals surface area (Å²) in [4.78, 5) is 73.0. The summed E-state index contributed by atoms with van der Waals surface area (Å²) in [6, 6.07) is 0. The van der Waals surface area contributed by atoms with Gasteiger partial charge in [-0.05, 0) is 128 Å². The van der Waals surface area contributed by atoms with E-state index in [1.807, 2.05) is 12.2 Å². The average molecular weight is 1470 g/mol. The zero-order valence-electron chi connectivity index (χ0n) is 64.0. The molecule has 0 aromatic heterocycles. The lowest BCUT2D eigenvalue weighted by Gasteiger charge is -2.21. The normalized spacial score (nSPS) is 14.5. The van der Waals surface area contributed by atoms with Crippen LogP contribution in [0.5, 0.6) is 0 Å². The van der Waals surface area contributed by atoms with Gasteiger partial charge in [-0.15, -0.1) is 0 Å². The molecule has 0 spiro atoms. The number of ether oxygens (including phenoxy) is 4. The Morgan fingerprint density at radius 3 is 0.843 bits per heavy atom. The highest BCUT2D eigenvalue weighted by Crippen LogP contribution is 2.45. The minimum absolute atomic E-state index is 0.0608. The standard InChI is InChI=1S/C83H142O17P2/c1-5-9-13-17-21-25-29-33-37-38-42-44-48-52-56-60-64-68-81(86)94-74-79(100-83(88)70-66-62-58-54-50-46-41-36-32-28-24-20-16-12-8-4)76-98-102(91,92)96-72-77(84)71-95-101(89,90)97-75-78(99-82(87)69-65-61-57-53-49-45-40-35-31-27-23-19-15-11-7-3)73-93-80(85)67-63-59-55-51-47-43-39-34-30-26-22-18-14-10-6-2/h9,12-13,16,21-22,24-26,28,33-34,36-37,39,41-42,44,52,56,77-79,84H,5-8,10-11,14-15,17-20,23,27,29-32,35,38,40,43,45-51,53-55,57-76H2,1-4H3,(H,89,90)(H,91,92)/b13-9-,16-12-,25-21-,26-22-,28-24-,37-33-,39-34-,41-36-,44-42-,56-52-. The van der Waals surface area contributed by atoms with Crippen LogP contribution in [0.3, 0.4) is 0 Å². The van der Waals surface area contributed by atoms with Gasteiger partial charge in [-0.1, -0.05) is 290 Å². The second kappa shape index (κ2) is 74.7. The molecule has 0 radical (unpaired) electrons. The fourth-order valence-corrected chi connectivity index (χ4v) is 12.0. The lowest BCUT2D eigenvalue weighted by molar-refractivity contribution is -0.161. The first-order valence-electron chi connectivity index (χ1n) is 39.8. The predicted molar refractivity (Wildman–Crippen MR) is 418 cm³/mol. The molecule has 0 aliphatic carbocycles. The van der Waals surface area contributed by atoms with Crippen molar-refractivity contribution >= 4 is 39.5 Å². The maximum Gasteiger partial charge on any atom is 0.472 e. The number of hydrogen-bond donors (Lipinski definition) is 3. The predicted octanol–water partition coefficient (Wildman–Crippen LogP) is 23.1. The molecule has 0 amide bonds. The van der Waals surface area contributed by atoms with Crippen LogP contribution in [0.25, 0.3) is 0 Å². The molecule has 0 aromatic carbocycles. The molecule has 19 heteroatoms. The van der Waals surface area contributed by atoms with Crippen LogP contribution in [-0.4, -0.2) is 96.7 Å². The van der Waals surface area contributed by atoms with E-state index in [2.05, 4.69) is 137 Å². The fraction of sp³-hybridized carbons (Fsp3) is 0.711. The van der Waals surface area contributed by atoms with Crippen LogP contribution in [0.15, 0.2) is 122 Å². The van der Waals surface area contributed by atoms with Crippen molar-refractivity contribution in [3.63, 3.8) is 0 Å². The molecule has 3 N–H and O–H groups in total.